The summed E-state index contributed by atoms with van der Waals surface area (Å²) in [6.07, 6.45) is -0.239. The minimum atomic E-state index is -1.46. The molecule has 1 heterocycles. The molecule has 13 heteroatoms. The van der Waals surface area contributed by atoms with E-state index in [0.717, 1.165) is 0 Å². The Morgan fingerprint density at radius 2 is 1.67 bits per heavy atom. The van der Waals surface area contributed by atoms with E-state index < -0.39 is 72.6 Å². The first-order valence-electron chi connectivity index (χ1n) is 10.7. The summed E-state index contributed by atoms with van der Waals surface area (Å²) < 4.78 is 0. The van der Waals surface area contributed by atoms with Gasteiger partial charge in [0, 0.05) is 13.0 Å². The highest BCUT2D eigenvalue weighted by Crippen LogP contribution is 2.21. The number of nitrogens with zero attached hydrogens (tertiary/aromatic N) is 1. The van der Waals surface area contributed by atoms with Crippen molar-refractivity contribution in [3.8, 4) is 0 Å². The van der Waals surface area contributed by atoms with Gasteiger partial charge < -0.3 is 36.6 Å². The summed E-state index contributed by atoms with van der Waals surface area (Å²) in [7, 11) is 0. The number of hydrogen-bond donors (Lipinski definition) is 6. The normalized spacial score (nSPS) is 19.1. The molecule has 0 spiro atoms. The number of hydrogen-bond acceptors (Lipinski definition) is 7. The quantitative estimate of drug-likeness (QED) is 0.187. The van der Waals surface area contributed by atoms with Gasteiger partial charge in [-0.05, 0) is 25.2 Å². The summed E-state index contributed by atoms with van der Waals surface area (Å²) in [5.74, 6) is -6.47. The van der Waals surface area contributed by atoms with Crippen LogP contribution in [0.2, 0.25) is 0 Å². The molecule has 1 rings (SSSR count). The third-order valence-corrected chi connectivity index (χ3v) is 5.61. The minimum Gasteiger partial charge on any atom is -0.481 e. The molecule has 0 aliphatic carbocycles. The second kappa shape index (κ2) is 12.7. The molecule has 0 aromatic rings. The number of carbonyl (C=O) groups excluding carboxylic acids is 3. The van der Waals surface area contributed by atoms with Crippen LogP contribution in [0, 0.1) is 5.92 Å². The predicted molar refractivity (Wildman–Crippen MR) is 113 cm³/mol. The van der Waals surface area contributed by atoms with Crippen molar-refractivity contribution in [1.82, 2.24) is 15.5 Å². The van der Waals surface area contributed by atoms with Gasteiger partial charge >= 0.3 is 17.9 Å². The average Bonchev–Trinajstić information content (AvgIpc) is 3.23. The van der Waals surface area contributed by atoms with Gasteiger partial charge in [0.25, 0.3) is 0 Å². The van der Waals surface area contributed by atoms with E-state index in [1.165, 1.54) is 4.90 Å². The molecule has 1 aliphatic heterocycles. The lowest BCUT2D eigenvalue weighted by molar-refractivity contribution is -0.150. The standard InChI is InChI=1S/C20H32N4O9/c1-3-10(2)16(19(31)24-8-4-5-13(24)20(32)33)23-18(30)12(6-7-14(25)26)22-17(29)11(21)9-15(27)28/h10-13,16H,3-9,21H2,1-2H3,(H,22,29)(H,23,30)(H,25,26)(H,27,28)(H,32,33). The summed E-state index contributed by atoms with van der Waals surface area (Å²) >= 11 is 0. The maximum atomic E-state index is 13.1. The van der Waals surface area contributed by atoms with Crippen LogP contribution in [0.25, 0.3) is 0 Å². The molecule has 0 saturated carbocycles. The summed E-state index contributed by atoms with van der Waals surface area (Å²) in [4.78, 5) is 72.7. The minimum absolute atomic E-state index is 0.224. The molecule has 0 radical (unpaired) electrons. The number of nitrogens with one attached hydrogen (secondary N) is 2. The van der Waals surface area contributed by atoms with Crippen LogP contribution in [-0.4, -0.2) is 86.6 Å². The molecule has 0 aromatic heterocycles. The number of carbonyl (C=O) groups is 6. The monoisotopic (exact) mass is 472 g/mol. The third kappa shape index (κ3) is 8.33. The number of rotatable bonds is 13. The number of carboxylic acids is 3. The molecule has 33 heavy (non-hydrogen) atoms. The first-order valence-corrected chi connectivity index (χ1v) is 10.7. The number of likely N-dealkylation sites (tertiary alicyclic amines) is 1. The zero-order chi connectivity index (χ0) is 25.3. The van der Waals surface area contributed by atoms with Gasteiger partial charge in [0.2, 0.25) is 17.7 Å². The number of amides is 3. The number of carboxylic acid groups (broad SMARTS) is 3. The Labute approximate surface area is 190 Å². The zero-order valence-corrected chi connectivity index (χ0v) is 18.7. The van der Waals surface area contributed by atoms with Gasteiger partial charge in [0.05, 0.1) is 12.5 Å². The van der Waals surface area contributed by atoms with Gasteiger partial charge in [0.15, 0.2) is 0 Å². The lowest BCUT2D eigenvalue weighted by Crippen LogP contribution is -2.58. The lowest BCUT2D eigenvalue weighted by Gasteiger charge is -2.31. The van der Waals surface area contributed by atoms with Crippen molar-refractivity contribution in [2.24, 2.45) is 11.7 Å². The zero-order valence-electron chi connectivity index (χ0n) is 18.7. The topological polar surface area (TPSA) is 216 Å². The Balaban J connectivity index is 3.05. The van der Waals surface area contributed by atoms with E-state index in [0.29, 0.717) is 19.3 Å². The smallest absolute Gasteiger partial charge is 0.326 e. The van der Waals surface area contributed by atoms with Gasteiger partial charge in [-0.15, -0.1) is 0 Å². The molecule has 1 fully saturated rings. The van der Waals surface area contributed by atoms with Crippen LogP contribution in [0.15, 0.2) is 0 Å². The van der Waals surface area contributed by atoms with E-state index in [9.17, 15) is 33.9 Å². The molecule has 186 valence electrons. The third-order valence-electron chi connectivity index (χ3n) is 5.61. The van der Waals surface area contributed by atoms with E-state index in [1.54, 1.807) is 13.8 Å². The van der Waals surface area contributed by atoms with E-state index in [1.807, 2.05) is 0 Å². The molecule has 3 amide bonds. The molecule has 0 aromatic carbocycles. The average molecular weight is 472 g/mol. The Bertz CT molecular complexity index is 773. The van der Waals surface area contributed by atoms with Crippen molar-refractivity contribution in [2.75, 3.05) is 6.54 Å². The first-order chi connectivity index (χ1) is 15.4. The van der Waals surface area contributed by atoms with Crippen molar-refractivity contribution in [3.63, 3.8) is 0 Å². The van der Waals surface area contributed by atoms with Crippen molar-refractivity contribution < 1.29 is 44.1 Å². The Morgan fingerprint density at radius 1 is 1.03 bits per heavy atom. The SMILES string of the molecule is CCC(C)C(NC(=O)C(CCC(=O)O)NC(=O)C(N)CC(=O)O)C(=O)N1CCCC1C(=O)O. The van der Waals surface area contributed by atoms with Crippen molar-refractivity contribution in [2.45, 2.75) is 76.5 Å². The fourth-order valence-corrected chi connectivity index (χ4v) is 3.50. The van der Waals surface area contributed by atoms with Crippen LogP contribution in [0.4, 0.5) is 0 Å². The Morgan fingerprint density at radius 3 is 2.18 bits per heavy atom. The Kier molecular flexibility index (Phi) is 10.7. The highest BCUT2D eigenvalue weighted by atomic mass is 16.4. The van der Waals surface area contributed by atoms with E-state index >= 15 is 0 Å². The summed E-state index contributed by atoms with van der Waals surface area (Å²) in [6.45, 7) is 3.70. The van der Waals surface area contributed by atoms with Gasteiger partial charge in [0.1, 0.15) is 18.1 Å². The molecule has 1 aliphatic rings. The second-order valence-corrected chi connectivity index (χ2v) is 8.10. The van der Waals surface area contributed by atoms with Crippen molar-refractivity contribution in [1.29, 1.82) is 0 Å². The Hall–Kier alpha value is -3.22. The fraction of sp³-hybridized carbons (Fsp3) is 0.700. The van der Waals surface area contributed by atoms with E-state index in [4.69, 9.17) is 15.9 Å². The summed E-state index contributed by atoms with van der Waals surface area (Å²) in [5.41, 5.74) is 5.51. The fourth-order valence-electron chi connectivity index (χ4n) is 3.50. The molecule has 0 bridgehead atoms. The van der Waals surface area contributed by atoms with Crippen LogP contribution in [-0.2, 0) is 28.8 Å². The summed E-state index contributed by atoms with van der Waals surface area (Å²) in [5, 5.41) is 31.9. The molecule has 7 N–H and O–H groups in total. The maximum Gasteiger partial charge on any atom is 0.326 e. The highest BCUT2D eigenvalue weighted by Gasteiger charge is 2.40. The van der Waals surface area contributed by atoms with Gasteiger partial charge in [-0.2, -0.15) is 0 Å². The molecule has 13 nitrogen and oxygen atoms in total. The van der Waals surface area contributed by atoms with E-state index in [-0.39, 0.29) is 18.9 Å². The first kappa shape index (κ1) is 27.8. The number of nitrogens with two attached hydrogens (primary N) is 1. The van der Waals surface area contributed by atoms with Crippen LogP contribution < -0.4 is 16.4 Å². The van der Waals surface area contributed by atoms with Crippen LogP contribution in [0.1, 0.15) is 52.4 Å². The predicted octanol–water partition coefficient (Wildman–Crippen LogP) is -1.26. The second-order valence-electron chi connectivity index (χ2n) is 8.10. The van der Waals surface area contributed by atoms with E-state index in [2.05, 4.69) is 10.6 Å². The van der Waals surface area contributed by atoms with Crippen LogP contribution >= 0.6 is 0 Å². The summed E-state index contributed by atoms with van der Waals surface area (Å²) in [6, 6.07) is -4.95. The van der Waals surface area contributed by atoms with Gasteiger partial charge in [-0.1, -0.05) is 20.3 Å². The maximum absolute atomic E-state index is 13.1. The molecular formula is C20H32N4O9. The number of aliphatic carboxylic acids is 3. The van der Waals surface area contributed by atoms with Crippen LogP contribution in [0.5, 0.6) is 0 Å². The van der Waals surface area contributed by atoms with Crippen molar-refractivity contribution >= 4 is 35.6 Å². The van der Waals surface area contributed by atoms with Gasteiger partial charge in [-0.25, -0.2) is 4.79 Å². The lowest BCUT2D eigenvalue weighted by atomic mass is 9.96. The highest BCUT2D eigenvalue weighted by molar-refractivity contribution is 5.95. The van der Waals surface area contributed by atoms with Crippen LogP contribution in [0.3, 0.4) is 0 Å². The van der Waals surface area contributed by atoms with Gasteiger partial charge in [-0.3, -0.25) is 24.0 Å². The van der Waals surface area contributed by atoms with Crippen molar-refractivity contribution in [3.05, 3.63) is 0 Å². The molecule has 1 saturated heterocycles. The largest absolute Gasteiger partial charge is 0.481 e. The molecular weight excluding hydrogens is 440 g/mol. The molecule has 5 unspecified atom stereocenters. The molecule has 5 atom stereocenters.